The highest BCUT2D eigenvalue weighted by Gasteiger charge is 2.39. The second kappa shape index (κ2) is 10.8. The van der Waals surface area contributed by atoms with Gasteiger partial charge in [-0.1, -0.05) is 46.8 Å². The molecule has 0 heterocycles. The molecule has 5 heteroatoms. The Morgan fingerprint density at radius 1 is 1.10 bits per heavy atom. The lowest BCUT2D eigenvalue weighted by Crippen LogP contribution is -2.40. The third-order valence-corrected chi connectivity index (χ3v) is 11.6. The maximum Gasteiger partial charge on any atom is 0.333 e. The van der Waals surface area contributed by atoms with Crippen LogP contribution in [0.25, 0.3) is 0 Å². The molecule has 31 heavy (non-hydrogen) atoms. The Kier molecular flexibility index (Phi) is 9.55. The van der Waals surface area contributed by atoms with Gasteiger partial charge in [-0.25, -0.2) is 4.79 Å². The van der Waals surface area contributed by atoms with Crippen molar-refractivity contribution < 1.29 is 18.8 Å². The molecule has 0 radical (unpaired) electrons. The molecule has 1 fully saturated rings. The minimum Gasteiger partial charge on any atom is -0.544 e. The van der Waals surface area contributed by atoms with Gasteiger partial charge in [-0.3, -0.25) is 4.79 Å². The zero-order valence-electron chi connectivity index (χ0n) is 21.4. The molecule has 1 saturated carbocycles. The Morgan fingerprint density at radius 2 is 1.68 bits per heavy atom. The number of allylic oxidation sites excluding steroid dienone is 3. The van der Waals surface area contributed by atoms with Crippen LogP contribution in [0.15, 0.2) is 35.6 Å². The van der Waals surface area contributed by atoms with E-state index in [9.17, 15) is 9.59 Å². The van der Waals surface area contributed by atoms with Crippen molar-refractivity contribution in [2.45, 2.75) is 85.9 Å². The quantitative estimate of drug-likeness (QED) is 0.134. The fraction of sp³-hybridized carbons (Fsp3) is 0.692. The molecule has 0 bridgehead atoms. The molecular weight excluding hydrogens is 404 g/mol. The largest absolute Gasteiger partial charge is 0.544 e. The maximum atomic E-state index is 12.7. The van der Waals surface area contributed by atoms with Crippen molar-refractivity contribution in [3.05, 3.63) is 35.6 Å². The van der Waals surface area contributed by atoms with E-state index in [1.165, 1.54) is 18.8 Å². The van der Waals surface area contributed by atoms with Crippen molar-refractivity contribution in [2.75, 3.05) is 7.11 Å². The van der Waals surface area contributed by atoms with Crippen LogP contribution in [-0.2, 0) is 18.8 Å². The summed E-state index contributed by atoms with van der Waals surface area (Å²) in [6.45, 7) is 23.6. The van der Waals surface area contributed by atoms with Crippen LogP contribution in [0.1, 0.15) is 67.7 Å². The molecule has 0 aromatic carbocycles. The van der Waals surface area contributed by atoms with Gasteiger partial charge < -0.3 is 9.16 Å². The van der Waals surface area contributed by atoms with E-state index < -0.39 is 14.3 Å². The number of carbonyl (C=O) groups is 2. The highest BCUT2D eigenvalue weighted by molar-refractivity contribution is 6.74. The molecule has 0 aromatic rings. The second-order valence-electron chi connectivity index (χ2n) is 11.0. The monoisotopic (exact) mass is 448 g/mol. The van der Waals surface area contributed by atoms with Gasteiger partial charge in [-0.2, -0.15) is 0 Å². The van der Waals surface area contributed by atoms with Gasteiger partial charge in [0.1, 0.15) is 0 Å². The van der Waals surface area contributed by atoms with Gasteiger partial charge in [-0.15, -0.1) is 0 Å². The third-order valence-electron chi connectivity index (χ3n) is 7.17. The predicted octanol–water partition coefficient (Wildman–Crippen LogP) is 6.85. The Balaban J connectivity index is 3.06. The van der Waals surface area contributed by atoms with E-state index in [1.807, 2.05) is 0 Å². The van der Waals surface area contributed by atoms with E-state index in [2.05, 4.69) is 67.3 Å². The van der Waals surface area contributed by atoms with Crippen LogP contribution in [0.2, 0.25) is 18.1 Å². The standard InChI is InChI=1S/C26H44O4Si/c1-17-12-18(2)24(16-22(27)15-20(4)25(28)29-9)23(13-17)19(3)14-21(5)30-31(10,11)26(6,7)8/h14-15,17-18,23-24H,5,12-13,16H2,1-4,6-11H3/b19-14+,20-15-/t17-,18+,23-,24+/m0/s1. The fourth-order valence-corrected chi connectivity index (χ4v) is 5.42. The Bertz CT molecular complexity index is 739. The van der Waals surface area contributed by atoms with E-state index in [4.69, 9.17) is 9.16 Å². The molecule has 1 aliphatic carbocycles. The minimum atomic E-state index is -1.94. The Hall–Kier alpha value is -1.62. The highest BCUT2D eigenvalue weighted by atomic mass is 28.4. The average molecular weight is 449 g/mol. The van der Waals surface area contributed by atoms with Gasteiger partial charge in [0.15, 0.2) is 5.78 Å². The molecule has 1 rings (SSSR count). The molecule has 4 nitrogen and oxygen atoms in total. The van der Waals surface area contributed by atoms with E-state index in [0.29, 0.717) is 29.7 Å². The molecule has 0 N–H and O–H groups in total. The number of ether oxygens (including phenoxy) is 1. The summed E-state index contributed by atoms with van der Waals surface area (Å²) >= 11 is 0. The van der Waals surface area contributed by atoms with Gasteiger partial charge in [0, 0.05) is 12.0 Å². The van der Waals surface area contributed by atoms with Gasteiger partial charge in [-0.05, 0) is 80.6 Å². The number of esters is 1. The van der Waals surface area contributed by atoms with Crippen LogP contribution < -0.4 is 0 Å². The molecule has 176 valence electrons. The molecule has 0 amide bonds. The summed E-state index contributed by atoms with van der Waals surface area (Å²) in [4.78, 5) is 24.4. The molecule has 1 aliphatic rings. The first-order valence-electron chi connectivity index (χ1n) is 11.4. The van der Waals surface area contributed by atoms with E-state index in [0.717, 1.165) is 18.6 Å². The summed E-state index contributed by atoms with van der Waals surface area (Å²) in [6, 6.07) is 0. The van der Waals surface area contributed by atoms with Crippen molar-refractivity contribution in [1.82, 2.24) is 0 Å². The summed E-state index contributed by atoms with van der Waals surface area (Å²) in [7, 11) is -0.606. The summed E-state index contributed by atoms with van der Waals surface area (Å²) in [5.74, 6) is 1.84. The lowest BCUT2D eigenvalue weighted by atomic mass is 9.65. The molecule has 0 aromatic heterocycles. The summed E-state index contributed by atoms with van der Waals surface area (Å²) in [6.07, 6.45) is 6.13. The maximum absolute atomic E-state index is 12.7. The van der Waals surface area contributed by atoms with Crippen LogP contribution >= 0.6 is 0 Å². The first-order chi connectivity index (χ1) is 14.1. The van der Waals surface area contributed by atoms with Gasteiger partial charge >= 0.3 is 5.97 Å². The molecule has 0 unspecified atom stereocenters. The molecule has 0 spiro atoms. The normalized spacial score (nSPS) is 25.7. The van der Waals surface area contributed by atoms with Crippen molar-refractivity contribution in [1.29, 1.82) is 0 Å². The number of hydrogen-bond donors (Lipinski definition) is 0. The van der Waals surface area contributed by atoms with Crippen LogP contribution in [0, 0.1) is 23.7 Å². The van der Waals surface area contributed by atoms with Gasteiger partial charge in [0.2, 0.25) is 8.32 Å². The predicted molar refractivity (Wildman–Crippen MR) is 131 cm³/mol. The van der Waals surface area contributed by atoms with Crippen LogP contribution in [0.3, 0.4) is 0 Å². The average Bonchev–Trinajstić information content (AvgIpc) is 2.61. The van der Waals surface area contributed by atoms with Crippen molar-refractivity contribution in [2.24, 2.45) is 23.7 Å². The van der Waals surface area contributed by atoms with Gasteiger partial charge in [0.05, 0.1) is 12.9 Å². The second-order valence-corrected chi connectivity index (χ2v) is 15.8. The van der Waals surface area contributed by atoms with E-state index in [1.54, 1.807) is 6.92 Å². The Morgan fingerprint density at radius 3 is 2.19 bits per heavy atom. The SMILES string of the molecule is C=C(/C=C(\C)[C@@H]1C[C@@H](C)C[C@@H](C)[C@H]1CC(=O)/C=C(/C)C(=O)OC)O[Si](C)(C)C(C)(C)C. The first kappa shape index (κ1) is 27.4. The topological polar surface area (TPSA) is 52.6 Å². The van der Waals surface area contributed by atoms with Crippen LogP contribution in [0.5, 0.6) is 0 Å². The van der Waals surface area contributed by atoms with Crippen LogP contribution in [-0.4, -0.2) is 27.2 Å². The molecule has 0 saturated heterocycles. The summed E-state index contributed by atoms with van der Waals surface area (Å²) in [5.41, 5.74) is 1.58. The van der Waals surface area contributed by atoms with E-state index in [-0.39, 0.29) is 16.7 Å². The van der Waals surface area contributed by atoms with Crippen molar-refractivity contribution >= 4 is 20.1 Å². The number of hydrogen-bond acceptors (Lipinski definition) is 4. The van der Waals surface area contributed by atoms with Crippen molar-refractivity contribution in [3.8, 4) is 0 Å². The number of carbonyl (C=O) groups excluding carboxylic acids is 2. The Labute approximate surface area is 191 Å². The molecular formula is C26H44O4Si. The summed E-state index contributed by atoms with van der Waals surface area (Å²) < 4.78 is 11.1. The smallest absolute Gasteiger partial charge is 0.333 e. The zero-order valence-corrected chi connectivity index (χ0v) is 22.4. The summed E-state index contributed by atoms with van der Waals surface area (Å²) in [5, 5.41) is 0.115. The number of methoxy groups -OCH3 is 1. The number of ketones is 1. The number of rotatable bonds is 8. The lowest BCUT2D eigenvalue weighted by molar-refractivity contribution is -0.136. The first-order valence-corrected chi connectivity index (χ1v) is 14.4. The highest BCUT2D eigenvalue weighted by Crippen LogP contribution is 2.44. The molecule has 4 atom stereocenters. The lowest BCUT2D eigenvalue weighted by Gasteiger charge is -2.40. The zero-order chi connectivity index (χ0) is 24.1. The fourth-order valence-electron chi connectivity index (χ4n) is 4.40. The van der Waals surface area contributed by atoms with E-state index >= 15 is 0 Å². The minimum absolute atomic E-state index is 0.0107. The van der Waals surface area contributed by atoms with Crippen LogP contribution in [0.4, 0.5) is 0 Å². The third kappa shape index (κ3) is 7.78. The van der Waals surface area contributed by atoms with Gasteiger partial charge in [0.25, 0.3) is 0 Å². The van der Waals surface area contributed by atoms with Crippen molar-refractivity contribution in [3.63, 3.8) is 0 Å². The molecule has 0 aliphatic heterocycles.